The van der Waals surface area contributed by atoms with Gasteiger partial charge in [-0.25, -0.2) is 9.78 Å². The molecule has 0 saturated carbocycles. The van der Waals surface area contributed by atoms with Crippen LogP contribution in [0.5, 0.6) is 0 Å². The van der Waals surface area contributed by atoms with Crippen LogP contribution in [-0.2, 0) is 0 Å². The molecule has 1 heterocycles. The van der Waals surface area contributed by atoms with Crippen molar-refractivity contribution < 1.29 is 4.79 Å². The van der Waals surface area contributed by atoms with Gasteiger partial charge in [0.2, 0.25) is 0 Å². The smallest absolute Gasteiger partial charge is 0.316 e. The molecule has 0 bridgehead atoms. The number of hydrogen-bond donors (Lipinski definition) is 2. The summed E-state index contributed by atoms with van der Waals surface area (Å²) in [6.07, 6.45) is 5.17. The molecule has 1 aromatic rings. The molecule has 90 valence electrons. The lowest BCUT2D eigenvalue weighted by Crippen LogP contribution is -2.24. The molecule has 2 amide bonds. The van der Waals surface area contributed by atoms with Gasteiger partial charge in [0.15, 0.2) is 0 Å². The lowest BCUT2D eigenvalue weighted by molar-refractivity contribution is 0.259. The fourth-order valence-electron chi connectivity index (χ4n) is 1.38. The van der Waals surface area contributed by atoms with E-state index in [0.717, 1.165) is 5.82 Å². The second-order valence-electron chi connectivity index (χ2n) is 3.37. The molecule has 0 aliphatic rings. The number of rotatable bonds is 6. The summed E-state index contributed by atoms with van der Waals surface area (Å²) in [5, 5.41) is 2.50. The molecule has 0 spiro atoms. The van der Waals surface area contributed by atoms with E-state index >= 15 is 0 Å². The summed E-state index contributed by atoms with van der Waals surface area (Å²) in [6.45, 7) is 8.67. The van der Waals surface area contributed by atoms with Crippen LogP contribution < -0.4 is 16.0 Å². The number of nitrogens with one attached hydrogen (secondary N) is 1. The van der Waals surface area contributed by atoms with Crippen LogP contribution in [-0.4, -0.2) is 24.1 Å². The van der Waals surface area contributed by atoms with Crippen LogP contribution in [0.4, 0.5) is 16.3 Å². The Bertz CT molecular complexity index is 407. The van der Waals surface area contributed by atoms with Gasteiger partial charge in [0.25, 0.3) is 0 Å². The van der Waals surface area contributed by atoms with E-state index in [4.69, 9.17) is 5.73 Å². The van der Waals surface area contributed by atoms with Crippen molar-refractivity contribution >= 4 is 17.5 Å². The van der Waals surface area contributed by atoms with Crippen LogP contribution in [0, 0.1) is 0 Å². The number of urea groups is 1. The standard InChI is InChI=1S/C12H16N4O/c1-3-7-16(8-4-2)11-9-10(5-6-14-11)15-12(13)17/h3-6,9H,1-2,7-8H2,(H3,13,14,15,17). The Morgan fingerprint density at radius 1 is 1.47 bits per heavy atom. The Morgan fingerprint density at radius 2 is 2.12 bits per heavy atom. The fraction of sp³-hybridized carbons (Fsp3) is 0.167. The molecule has 5 heteroatoms. The summed E-state index contributed by atoms with van der Waals surface area (Å²) in [5.41, 5.74) is 5.66. The van der Waals surface area contributed by atoms with Crippen LogP contribution in [0.3, 0.4) is 0 Å². The van der Waals surface area contributed by atoms with Gasteiger partial charge in [0, 0.05) is 31.0 Å². The largest absolute Gasteiger partial charge is 0.351 e. The number of carbonyl (C=O) groups excluding carboxylic acids is 1. The average molecular weight is 232 g/mol. The third-order valence-corrected chi connectivity index (χ3v) is 2.04. The number of amides is 2. The van der Waals surface area contributed by atoms with Crippen LogP contribution in [0.15, 0.2) is 43.6 Å². The van der Waals surface area contributed by atoms with Crippen LogP contribution in [0.1, 0.15) is 0 Å². The van der Waals surface area contributed by atoms with Crippen molar-refractivity contribution in [1.29, 1.82) is 0 Å². The van der Waals surface area contributed by atoms with Gasteiger partial charge in [-0.15, -0.1) is 13.2 Å². The zero-order valence-corrected chi connectivity index (χ0v) is 9.60. The number of nitrogens with zero attached hydrogens (tertiary/aromatic N) is 2. The highest BCUT2D eigenvalue weighted by molar-refractivity contribution is 5.88. The predicted octanol–water partition coefficient (Wildman–Crippen LogP) is 1.75. The molecule has 3 N–H and O–H groups in total. The first kappa shape index (κ1) is 12.8. The minimum Gasteiger partial charge on any atom is -0.351 e. The highest BCUT2D eigenvalue weighted by Crippen LogP contribution is 2.16. The molecule has 0 aliphatic heterocycles. The third kappa shape index (κ3) is 3.98. The van der Waals surface area contributed by atoms with E-state index in [1.807, 2.05) is 4.90 Å². The maximum Gasteiger partial charge on any atom is 0.316 e. The van der Waals surface area contributed by atoms with Crippen LogP contribution in [0.25, 0.3) is 0 Å². The van der Waals surface area contributed by atoms with E-state index in [-0.39, 0.29) is 0 Å². The molecule has 0 aliphatic carbocycles. The van der Waals surface area contributed by atoms with E-state index in [9.17, 15) is 4.79 Å². The maximum absolute atomic E-state index is 10.7. The van der Waals surface area contributed by atoms with E-state index in [0.29, 0.717) is 18.8 Å². The second kappa shape index (κ2) is 6.32. The summed E-state index contributed by atoms with van der Waals surface area (Å²) in [7, 11) is 0. The second-order valence-corrected chi connectivity index (χ2v) is 3.37. The van der Waals surface area contributed by atoms with Crippen LogP contribution in [0.2, 0.25) is 0 Å². The van der Waals surface area contributed by atoms with Crippen molar-refractivity contribution in [2.24, 2.45) is 5.73 Å². The summed E-state index contributed by atoms with van der Waals surface area (Å²) in [5.74, 6) is 0.732. The highest BCUT2D eigenvalue weighted by Gasteiger charge is 2.05. The maximum atomic E-state index is 10.7. The van der Waals surface area contributed by atoms with Crippen LogP contribution >= 0.6 is 0 Å². The Kier molecular flexibility index (Phi) is 4.75. The Labute approximate surface area is 101 Å². The number of pyridine rings is 1. The molecule has 0 aromatic carbocycles. The molecule has 1 aromatic heterocycles. The van der Waals surface area contributed by atoms with E-state index in [1.54, 1.807) is 30.5 Å². The molecule has 0 radical (unpaired) electrons. The minimum atomic E-state index is -0.596. The lowest BCUT2D eigenvalue weighted by Gasteiger charge is -2.20. The first-order chi connectivity index (χ1) is 8.17. The summed E-state index contributed by atoms with van der Waals surface area (Å²) >= 11 is 0. The molecule has 5 nitrogen and oxygen atoms in total. The number of carbonyl (C=O) groups is 1. The Hall–Kier alpha value is -2.30. The molecule has 0 fully saturated rings. The van der Waals surface area contributed by atoms with Crippen molar-refractivity contribution in [2.45, 2.75) is 0 Å². The zero-order valence-electron chi connectivity index (χ0n) is 9.60. The third-order valence-electron chi connectivity index (χ3n) is 2.04. The highest BCUT2D eigenvalue weighted by atomic mass is 16.2. The van der Waals surface area contributed by atoms with E-state index in [2.05, 4.69) is 23.5 Å². The van der Waals surface area contributed by atoms with Gasteiger partial charge in [-0.1, -0.05) is 12.2 Å². The monoisotopic (exact) mass is 232 g/mol. The first-order valence-electron chi connectivity index (χ1n) is 5.16. The first-order valence-corrected chi connectivity index (χ1v) is 5.16. The number of nitrogens with two attached hydrogens (primary N) is 1. The van der Waals surface area contributed by atoms with Gasteiger partial charge in [-0.3, -0.25) is 0 Å². The van der Waals surface area contributed by atoms with Crippen molar-refractivity contribution in [3.8, 4) is 0 Å². The number of anilines is 2. The number of primary amides is 1. The van der Waals surface area contributed by atoms with Crippen molar-refractivity contribution in [1.82, 2.24) is 4.98 Å². The quantitative estimate of drug-likeness (QED) is 0.734. The molecule has 0 atom stereocenters. The fourth-order valence-corrected chi connectivity index (χ4v) is 1.38. The minimum absolute atomic E-state index is 0.596. The lowest BCUT2D eigenvalue weighted by atomic mass is 10.3. The van der Waals surface area contributed by atoms with Crippen molar-refractivity contribution in [3.63, 3.8) is 0 Å². The van der Waals surface area contributed by atoms with Crippen molar-refractivity contribution in [3.05, 3.63) is 43.6 Å². The van der Waals surface area contributed by atoms with E-state index in [1.165, 1.54) is 0 Å². The number of hydrogen-bond acceptors (Lipinski definition) is 3. The summed E-state index contributed by atoms with van der Waals surface area (Å²) in [4.78, 5) is 16.9. The molecular weight excluding hydrogens is 216 g/mol. The van der Waals surface area contributed by atoms with Gasteiger partial charge >= 0.3 is 6.03 Å². The van der Waals surface area contributed by atoms with E-state index < -0.39 is 6.03 Å². The summed E-state index contributed by atoms with van der Waals surface area (Å²) < 4.78 is 0. The Morgan fingerprint density at radius 3 is 2.65 bits per heavy atom. The number of aromatic nitrogens is 1. The van der Waals surface area contributed by atoms with Gasteiger partial charge in [0.05, 0.1) is 0 Å². The zero-order chi connectivity index (χ0) is 12.7. The molecule has 0 unspecified atom stereocenters. The SMILES string of the molecule is C=CCN(CC=C)c1cc(NC(N)=O)ccn1. The average Bonchev–Trinajstić information content (AvgIpc) is 2.28. The van der Waals surface area contributed by atoms with Gasteiger partial charge in [-0.05, 0) is 6.07 Å². The topological polar surface area (TPSA) is 71.2 Å². The Balaban J connectivity index is 2.90. The van der Waals surface area contributed by atoms with Gasteiger partial charge in [-0.2, -0.15) is 0 Å². The predicted molar refractivity (Wildman–Crippen MR) is 70.1 cm³/mol. The summed E-state index contributed by atoms with van der Waals surface area (Å²) in [6, 6.07) is 2.83. The normalized spacial score (nSPS) is 9.41. The van der Waals surface area contributed by atoms with Crippen molar-refractivity contribution in [2.75, 3.05) is 23.3 Å². The molecule has 0 saturated heterocycles. The van der Waals surface area contributed by atoms with Gasteiger partial charge in [0.1, 0.15) is 5.82 Å². The molecule has 17 heavy (non-hydrogen) atoms. The molecule has 1 rings (SSSR count). The van der Waals surface area contributed by atoms with Gasteiger partial charge < -0.3 is 16.0 Å². The molecular formula is C12H16N4O.